The summed E-state index contributed by atoms with van der Waals surface area (Å²) in [5.74, 6) is -1.35. The van der Waals surface area contributed by atoms with Crippen molar-refractivity contribution in [1.29, 1.82) is 5.26 Å². The summed E-state index contributed by atoms with van der Waals surface area (Å²) in [7, 11) is 0. The monoisotopic (exact) mass is 500 g/mol. The second kappa shape index (κ2) is 8.33. The zero-order valence-corrected chi connectivity index (χ0v) is 17.0. The van der Waals surface area contributed by atoms with E-state index in [4.69, 9.17) is 21.6 Å². The topological polar surface area (TPSA) is 101 Å². The molecule has 0 spiro atoms. The van der Waals surface area contributed by atoms with Gasteiger partial charge in [-0.15, -0.1) is 0 Å². The molecule has 0 saturated heterocycles. The zero-order valence-electron chi connectivity index (χ0n) is 14.6. The number of aromatic nitrogens is 3. The SMILES string of the molecule is N#Cc1cc(Cl)cc(Oc2c(C(F)(F)F)ncn(Cc3ccc(Br)[nH]c3=O)c2=O)c1. The van der Waals surface area contributed by atoms with Gasteiger partial charge in [0.1, 0.15) is 5.75 Å². The summed E-state index contributed by atoms with van der Waals surface area (Å²) < 4.78 is 46.6. The van der Waals surface area contributed by atoms with Crippen LogP contribution in [0.2, 0.25) is 5.02 Å². The maximum atomic E-state index is 13.4. The van der Waals surface area contributed by atoms with Crippen molar-refractivity contribution in [3.05, 3.63) is 83.8 Å². The predicted octanol–water partition coefficient (Wildman–Crippen LogP) is 4.08. The number of hydrogen-bond acceptors (Lipinski definition) is 5. The Bertz CT molecular complexity index is 1280. The van der Waals surface area contributed by atoms with E-state index in [1.165, 1.54) is 18.2 Å². The Morgan fingerprint density at radius 3 is 2.63 bits per heavy atom. The minimum absolute atomic E-state index is 0.0247. The first-order chi connectivity index (χ1) is 14.1. The Morgan fingerprint density at radius 1 is 1.27 bits per heavy atom. The summed E-state index contributed by atoms with van der Waals surface area (Å²) in [5.41, 5.74) is -3.11. The molecular formula is C18H9BrClF3N4O3. The third-order valence-corrected chi connectivity index (χ3v) is 4.46. The van der Waals surface area contributed by atoms with Crippen LogP contribution in [0.15, 0.2) is 50.9 Å². The van der Waals surface area contributed by atoms with Gasteiger partial charge >= 0.3 is 6.18 Å². The zero-order chi connectivity index (χ0) is 22.1. The lowest BCUT2D eigenvalue weighted by molar-refractivity contribution is -0.142. The number of H-pyrrole nitrogens is 1. The van der Waals surface area contributed by atoms with Crippen LogP contribution in [-0.4, -0.2) is 14.5 Å². The van der Waals surface area contributed by atoms with Crippen molar-refractivity contribution in [2.75, 3.05) is 0 Å². The standard InChI is InChI=1S/C18H9BrClF3N4O3/c19-13-2-1-10(16(28)26-13)7-27-8-25-15(18(21,22)23)14(17(27)29)30-12-4-9(6-24)3-11(20)5-12/h1-5,8H,7H2,(H,26,28). The summed E-state index contributed by atoms with van der Waals surface area (Å²) in [6.07, 6.45) is -4.31. The fraction of sp³-hybridized carbons (Fsp3) is 0.111. The molecular weight excluding hydrogens is 493 g/mol. The number of ether oxygens (including phenoxy) is 1. The lowest BCUT2D eigenvalue weighted by Gasteiger charge is -2.14. The fourth-order valence-electron chi connectivity index (χ4n) is 2.47. The first-order valence-electron chi connectivity index (χ1n) is 8.01. The van der Waals surface area contributed by atoms with Gasteiger partial charge in [-0.2, -0.15) is 18.4 Å². The van der Waals surface area contributed by atoms with E-state index in [1.54, 1.807) is 6.07 Å². The minimum atomic E-state index is -4.99. The first-order valence-corrected chi connectivity index (χ1v) is 9.18. The van der Waals surface area contributed by atoms with Crippen LogP contribution < -0.4 is 15.9 Å². The number of nitrogens with zero attached hydrogens (tertiary/aromatic N) is 3. The quantitative estimate of drug-likeness (QED) is 0.543. The second-order valence-electron chi connectivity index (χ2n) is 5.90. The van der Waals surface area contributed by atoms with E-state index >= 15 is 0 Å². The molecule has 7 nitrogen and oxygen atoms in total. The Labute approximate surface area is 179 Å². The molecule has 3 rings (SSSR count). The van der Waals surface area contributed by atoms with Crippen LogP contribution >= 0.6 is 27.5 Å². The smallest absolute Gasteiger partial charge is 0.437 e. The van der Waals surface area contributed by atoms with Gasteiger partial charge < -0.3 is 9.72 Å². The number of aromatic amines is 1. The molecule has 0 aliphatic carbocycles. The molecule has 154 valence electrons. The Hall–Kier alpha value is -3.10. The number of alkyl halides is 3. The molecule has 1 aromatic carbocycles. The molecule has 2 heterocycles. The van der Waals surface area contributed by atoms with Gasteiger partial charge in [0, 0.05) is 10.6 Å². The van der Waals surface area contributed by atoms with Crippen molar-refractivity contribution < 1.29 is 17.9 Å². The fourth-order valence-corrected chi connectivity index (χ4v) is 3.01. The number of hydrogen-bond donors (Lipinski definition) is 1. The van der Waals surface area contributed by atoms with Gasteiger partial charge in [-0.1, -0.05) is 11.6 Å². The summed E-state index contributed by atoms with van der Waals surface area (Å²) in [4.78, 5) is 30.5. The van der Waals surface area contributed by atoms with E-state index in [9.17, 15) is 22.8 Å². The number of benzene rings is 1. The predicted molar refractivity (Wildman–Crippen MR) is 104 cm³/mol. The van der Waals surface area contributed by atoms with E-state index in [0.717, 1.165) is 16.7 Å². The van der Waals surface area contributed by atoms with Crippen LogP contribution in [0.1, 0.15) is 16.8 Å². The maximum absolute atomic E-state index is 13.4. The number of nitriles is 1. The van der Waals surface area contributed by atoms with Crippen molar-refractivity contribution in [2.45, 2.75) is 12.7 Å². The molecule has 3 aromatic rings. The van der Waals surface area contributed by atoms with Crippen LogP contribution in [0.3, 0.4) is 0 Å². The van der Waals surface area contributed by atoms with Gasteiger partial charge in [-0.25, -0.2) is 4.98 Å². The second-order valence-corrected chi connectivity index (χ2v) is 7.19. The molecule has 12 heteroatoms. The average molecular weight is 502 g/mol. The highest BCUT2D eigenvalue weighted by molar-refractivity contribution is 9.10. The van der Waals surface area contributed by atoms with Crippen molar-refractivity contribution in [3.63, 3.8) is 0 Å². The van der Waals surface area contributed by atoms with Crippen LogP contribution in [0, 0.1) is 11.3 Å². The minimum Gasteiger partial charge on any atom is -0.449 e. The number of rotatable bonds is 4. The summed E-state index contributed by atoms with van der Waals surface area (Å²) in [6, 6.07) is 8.25. The van der Waals surface area contributed by atoms with Crippen molar-refractivity contribution in [1.82, 2.24) is 14.5 Å². The van der Waals surface area contributed by atoms with Crippen LogP contribution in [0.4, 0.5) is 13.2 Å². The van der Waals surface area contributed by atoms with Crippen LogP contribution in [0.25, 0.3) is 0 Å². The molecule has 0 amide bonds. The normalized spacial score (nSPS) is 11.2. The summed E-state index contributed by atoms with van der Waals surface area (Å²) >= 11 is 8.92. The molecule has 0 bridgehead atoms. The lowest BCUT2D eigenvalue weighted by Crippen LogP contribution is -2.28. The largest absolute Gasteiger partial charge is 0.449 e. The molecule has 30 heavy (non-hydrogen) atoms. The highest BCUT2D eigenvalue weighted by Crippen LogP contribution is 2.35. The highest BCUT2D eigenvalue weighted by Gasteiger charge is 2.38. The molecule has 0 fully saturated rings. The van der Waals surface area contributed by atoms with Gasteiger partial charge in [0.2, 0.25) is 5.75 Å². The molecule has 0 aliphatic rings. The van der Waals surface area contributed by atoms with Crippen LogP contribution in [-0.2, 0) is 12.7 Å². The van der Waals surface area contributed by atoms with Gasteiger partial charge in [-0.3, -0.25) is 14.2 Å². The van der Waals surface area contributed by atoms with E-state index in [-0.39, 0.29) is 28.4 Å². The van der Waals surface area contributed by atoms with Gasteiger partial charge in [0.25, 0.3) is 11.1 Å². The van der Waals surface area contributed by atoms with Gasteiger partial charge in [-0.05, 0) is 46.3 Å². The van der Waals surface area contributed by atoms with Gasteiger partial charge in [0.05, 0.1) is 29.1 Å². The molecule has 0 aliphatic heterocycles. The maximum Gasteiger partial charge on any atom is 0.437 e. The van der Waals surface area contributed by atoms with Crippen molar-refractivity contribution in [3.8, 4) is 17.6 Å². The first kappa shape index (κ1) is 21.6. The average Bonchev–Trinajstić information content (AvgIpc) is 2.65. The molecule has 1 N–H and O–H groups in total. The molecule has 0 atom stereocenters. The molecule has 0 unspecified atom stereocenters. The lowest BCUT2D eigenvalue weighted by atomic mass is 10.2. The molecule has 0 saturated carbocycles. The summed E-state index contributed by atoms with van der Waals surface area (Å²) in [6.45, 7) is -0.345. The Morgan fingerprint density at radius 2 is 2.00 bits per heavy atom. The number of halogens is 5. The van der Waals surface area contributed by atoms with E-state index < -0.39 is 28.7 Å². The van der Waals surface area contributed by atoms with Gasteiger partial charge in [0.15, 0.2) is 5.69 Å². The molecule has 2 aromatic heterocycles. The highest BCUT2D eigenvalue weighted by atomic mass is 79.9. The van der Waals surface area contributed by atoms with E-state index in [0.29, 0.717) is 10.9 Å². The van der Waals surface area contributed by atoms with Crippen molar-refractivity contribution >= 4 is 27.5 Å². The van der Waals surface area contributed by atoms with E-state index in [2.05, 4.69) is 25.9 Å². The number of pyridine rings is 1. The van der Waals surface area contributed by atoms with Crippen LogP contribution in [0.5, 0.6) is 11.5 Å². The van der Waals surface area contributed by atoms with Crippen molar-refractivity contribution in [2.24, 2.45) is 0 Å². The third-order valence-electron chi connectivity index (χ3n) is 3.78. The van der Waals surface area contributed by atoms with E-state index in [1.807, 2.05) is 0 Å². The number of nitrogens with one attached hydrogen (secondary N) is 1. The Kier molecular flexibility index (Phi) is 6.00. The summed E-state index contributed by atoms with van der Waals surface area (Å²) in [5, 5.41) is 9.02. The third kappa shape index (κ3) is 4.72. The Balaban J connectivity index is 2.11. The molecule has 0 radical (unpaired) electrons.